The molecule has 1 heterocycles. The Hall–Kier alpha value is -1.02. The molecule has 0 amide bonds. The van der Waals surface area contributed by atoms with E-state index >= 15 is 0 Å². The number of anilines is 1. The van der Waals surface area contributed by atoms with Crippen LogP contribution in [0.5, 0.6) is 0 Å². The zero-order valence-corrected chi connectivity index (χ0v) is 10.5. The molecule has 2 nitrogen and oxygen atoms in total. The van der Waals surface area contributed by atoms with E-state index in [1.807, 2.05) is 0 Å². The summed E-state index contributed by atoms with van der Waals surface area (Å²) in [6.45, 7) is 9.04. The van der Waals surface area contributed by atoms with Crippen LogP contribution >= 0.6 is 0 Å². The second-order valence-corrected chi connectivity index (χ2v) is 5.21. The van der Waals surface area contributed by atoms with Crippen LogP contribution in [0.15, 0.2) is 24.3 Å². The lowest BCUT2D eigenvalue weighted by Crippen LogP contribution is -2.22. The van der Waals surface area contributed by atoms with Crippen molar-refractivity contribution in [3.8, 4) is 0 Å². The normalized spacial score (nSPS) is 27.1. The van der Waals surface area contributed by atoms with Crippen molar-refractivity contribution in [2.75, 3.05) is 18.0 Å². The van der Waals surface area contributed by atoms with Crippen LogP contribution in [0.4, 0.5) is 5.69 Å². The lowest BCUT2D eigenvalue weighted by atomic mass is 10.0. The van der Waals surface area contributed by atoms with Crippen molar-refractivity contribution in [3.05, 3.63) is 29.8 Å². The van der Waals surface area contributed by atoms with Crippen molar-refractivity contribution in [3.63, 3.8) is 0 Å². The zero-order valence-electron chi connectivity index (χ0n) is 10.5. The molecule has 16 heavy (non-hydrogen) atoms. The highest BCUT2D eigenvalue weighted by molar-refractivity contribution is 5.55. The minimum Gasteiger partial charge on any atom is -0.371 e. The Morgan fingerprint density at radius 2 is 1.75 bits per heavy atom. The van der Waals surface area contributed by atoms with Crippen molar-refractivity contribution >= 4 is 5.69 Å². The highest BCUT2D eigenvalue weighted by Crippen LogP contribution is 2.31. The maximum absolute atomic E-state index is 6.02. The van der Waals surface area contributed by atoms with Gasteiger partial charge in [-0.05, 0) is 30.4 Å². The Bertz CT molecular complexity index is 350. The molecule has 1 fully saturated rings. The summed E-state index contributed by atoms with van der Waals surface area (Å²) in [5.74, 6) is 1.56. The molecule has 2 heteroatoms. The first-order chi connectivity index (χ1) is 7.59. The third-order valence-corrected chi connectivity index (χ3v) is 3.76. The third-order valence-electron chi connectivity index (χ3n) is 3.76. The average molecular weight is 218 g/mol. The highest BCUT2D eigenvalue weighted by Gasteiger charge is 2.27. The number of hydrogen-bond donors (Lipinski definition) is 1. The number of benzene rings is 1. The Kier molecular flexibility index (Phi) is 3.20. The van der Waals surface area contributed by atoms with Crippen LogP contribution in [-0.4, -0.2) is 13.1 Å². The van der Waals surface area contributed by atoms with Gasteiger partial charge in [0, 0.05) is 24.8 Å². The van der Waals surface area contributed by atoms with E-state index in [9.17, 15) is 0 Å². The molecule has 3 unspecified atom stereocenters. The van der Waals surface area contributed by atoms with E-state index in [0.29, 0.717) is 0 Å². The molecule has 1 aliphatic rings. The summed E-state index contributed by atoms with van der Waals surface area (Å²) in [5.41, 5.74) is 8.62. The topological polar surface area (TPSA) is 29.3 Å². The molecule has 0 spiro atoms. The minimum atomic E-state index is 0.113. The SMILES string of the molecule is CC(N)c1ccccc1N1CC(C)C(C)C1. The molecule has 0 bridgehead atoms. The fraction of sp³-hybridized carbons (Fsp3) is 0.571. The number of para-hydroxylation sites is 1. The molecule has 88 valence electrons. The molecule has 0 aromatic heterocycles. The summed E-state index contributed by atoms with van der Waals surface area (Å²) >= 11 is 0. The molecule has 2 rings (SSSR count). The zero-order chi connectivity index (χ0) is 11.7. The van der Waals surface area contributed by atoms with Gasteiger partial charge in [-0.25, -0.2) is 0 Å². The number of rotatable bonds is 2. The van der Waals surface area contributed by atoms with Crippen LogP contribution in [0.25, 0.3) is 0 Å². The van der Waals surface area contributed by atoms with Gasteiger partial charge < -0.3 is 10.6 Å². The van der Waals surface area contributed by atoms with Gasteiger partial charge in [-0.1, -0.05) is 32.0 Å². The van der Waals surface area contributed by atoms with Crippen LogP contribution in [-0.2, 0) is 0 Å². The maximum Gasteiger partial charge on any atom is 0.0414 e. The maximum atomic E-state index is 6.02. The summed E-state index contributed by atoms with van der Waals surface area (Å²) in [6, 6.07) is 8.64. The molecule has 1 aliphatic heterocycles. The van der Waals surface area contributed by atoms with Gasteiger partial charge in [-0.2, -0.15) is 0 Å². The lowest BCUT2D eigenvalue weighted by Gasteiger charge is -2.23. The fourth-order valence-corrected chi connectivity index (χ4v) is 2.49. The Morgan fingerprint density at radius 3 is 2.31 bits per heavy atom. The second-order valence-electron chi connectivity index (χ2n) is 5.21. The van der Waals surface area contributed by atoms with Gasteiger partial charge in [-0.15, -0.1) is 0 Å². The molecule has 0 saturated carbocycles. The summed E-state index contributed by atoms with van der Waals surface area (Å²) < 4.78 is 0. The van der Waals surface area contributed by atoms with Crippen LogP contribution in [0.2, 0.25) is 0 Å². The van der Waals surface area contributed by atoms with Crippen LogP contribution in [0.3, 0.4) is 0 Å². The predicted molar refractivity (Wildman–Crippen MR) is 69.6 cm³/mol. The standard InChI is InChI=1S/C14H22N2/c1-10-8-16(9-11(10)2)14-7-5-4-6-13(14)12(3)15/h4-7,10-12H,8-9,15H2,1-3H3. The minimum absolute atomic E-state index is 0.113. The molecule has 1 aromatic rings. The van der Waals surface area contributed by atoms with Crippen molar-refractivity contribution in [2.45, 2.75) is 26.8 Å². The van der Waals surface area contributed by atoms with Crippen molar-refractivity contribution in [2.24, 2.45) is 17.6 Å². The first kappa shape index (κ1) is 11.5. The van der Waals surface area contributed by atoms with Crippen LogP contribution in [0, 0.1) is 11.8 Å². The molecule has 1 saturated heterocycles. The molecule has 2 N–H and O–H groups in total. The Labute approximate surface area is 98.4 Å². The van der Waals surface area contributed by atoms with Crippen LogP contribution in [0.1, 0.15) is 32.4 Å². The molecular formula is C14H22N2. The van der Waals surface area contributed by atoms with Crippen molar-refractivity contribution in [1.82, 2.24) is 0 Å². The smallest absolute Gasteiger partial charge is 0.0414 e. The average Bonchev–Trinajstić information content (AvgIpc) is 2.59. The summed E-state index contributed by atoms with van der Waals surface area (Å²) in [6.07, 6.45) is 0. The predicted octanol–water partition coefficient (Wildman–Crippen LogP) is 2.80. The number of nitrogens with zero attached hydrogens (tertiary/aromatic N) is 1. The van der Waals surface area contributed by atoms with Gasteiger partial charge in [0.2, 0.25) is 0 Å². The first-order valence-electron chi connectivity index (χ1n) is 6.19. The van der Waals surface area contributed by atoms with E-state index in [0.717, 1.165) is 24.9 Å². The number of hydrogen-bond acceptors (Lipinski definition) is 2. The summed E-state index contributed by atoms with van der Waals surface area (Å²) in [5, 5.41) is 0. The van der Waals surface area contributed by atoms with Gasteiger partial charge in [0.15, 0.2) is 0 Å². The van der Waals surface area contributed by atoms with Gasteiger partial charge in [0.25, 0.3) is 0 Å². The fourth-order valence-electron chi connectivity index (χ4n) is 2.49. The van der Waals surface area contributed by atoms with Gasteiger partial charge in [0.05, 0.1) is 0 Å². The molecule has 3 atom stereocenters. The summed E-state index contributed by atoms with van der Waals surface area (Å²) in [4.78, 5) is 2.48. The Morgan fingerprint density at radius 1 is 1.19 bits per heavy atom. The van der Waals surface area contributed by atoms with Gasteiger partial charge >= 0.3 is 0 Å². The van der Waals surface area contributed by atoms with E-state index in [2.05, 4.69) is 49.9 Å². The summed E-state index contributed by atoms with van der Waals surface area (Å²) in [7, 11) is 0. The van der Waals surface area contributed by atoms with Crippen molar-refractivity contribution < 1.29 is 0 Å². The third kappa shape index (κ3) is 2.07. The van der Waals surface area contributed by atoms with Crippen LogP contribution < -0.4 is 10.6 Å². The van der Waals surface area contributed by atoms with E-state index in [1.165, 1.54) is 11.3 Å². The van der Waals surface area contributed by atoms with E-state index in [1.54, 1.807) is 0 Å². The van der Waals surface area contributed by atoms with E-state index < -0.39 is 0 Å². The molecule has 0 radical (unpaired) electrons. The van der Waals surface area contributed by atoms with Gasteiger partial charge in [0.1, 0.15) is 0 Å². The Balaban J connectivity index is 2.27. The first-order valence-corrected chi connectivity index (χ1v) is 6.19. The lowest BCUT2D eigenvalue weighted by molar-refractivity contribution is 0.494. The quantitative estimate of drug-likeness (QED) is 0.827. The second kappa shape index (κ2) is 4.46. The molecule has 1 aromatic carbocycles. The van der Waals surface area contributed by atoms with E-state index in [4.69, 9.17) is 5.73 Å². The largest absolute Gasteiger partial charge is 0.371 e. The monoisotopic (exact) mass is 218 g/mol. The highest BCUT2D eigenvalue weighted by atomic mass is 15.2. The molecule has 0 aliphatic carbocycles. The number of nitrogens with two attached hydrogens (primary N) is 1. The van der Waals surface area contributed by atoms with Crippen molar-refractivity contribution in [1.29, 1.82) is 0 Å². The van der Waals surface area contributed by atoms with Gasteiger partial charge in [-0.3, -0.25) is 0 Å². The van der Waals surface area contributed by atoms with E-state index in [-0.39, 0.29) is 6.04 Å². The molecular weight excluding hydrogens is 196 g/mol.